The Balaban J connectivity index is 2.05. The van der Waals surface area contributed by atoms with Crippen LogP contribution in [0.2, 0.25) is 0 Å². The van der Waals surface area contributed by atoms with Gasteiger partial charge >= 0.3 is 12.0 Å². The summed E-state index contributed by atoms with van der Waals surface area (Å²) in [5.41, 5.74) is 9.08. The van der Waals surface area contributed by atoms with Gasteiger partial charge in [0.15, 0.2) is 16.5 Å². The van der Waals surface area contributed by atoms with Crippen molar-refractivity contribution in [3.05, 3.63) is 27.4 Å². The van der Waals surface area contributed by atoms with Crippen LogP contribution in [-0.2, 0) is 21.2 Å². The molecule has 3 rings (SSSR count). The van der Waals surface area contributed by atoms with Gasteiger partial charge < -0.3 is 10.5 Å². The van der Waals surface area contributed by atoms with Gasteiger partial charge in [0.25, 0.3) is 0 Å². The van der Waals surface area contributed by atoms with Crippen LogP contribution in [0.1, 0.15) is 48.2 Å². The highest BCUT2D eigenvalue weighted by Gasteiger charge is 2.51. The van der Waals surface area contributed by atoms with Crippen LogP contribution in [0.25, 0.3) is 0 Å². The number of nitrogens with one attached hydrogen (secondary N) is 1. The summed E-state index contributed by atoms with van der Waals surface area (Å²) in [4.78, 5) is 25.9. The van der Waals surface area contributed by atoms with Crippen LogP contribution < -0.4 is 16.2 Å². The van der Waals surface area contributed by atoms with E-state index >= 15 is 0 Å². The Morgan fingerprint density at radius 3 is 2.64 bits per heavy atom. The van der Waals surface area contributed by atoms with Crippen LogP contribution in [-0.4, -0.2) is 28.9 Å². The zero-order valence-electron chi connectivity index (χ0n) is 14.7. The molecule has 3 N–H and O–H groups in total. The summed E-state index contributed by atoms with van der Waals surface area (Å²) >= 11 is 1.06. The predicted octanol–water partition coefficient (Wildman–Crippen LogP) is 2.62. The normalized spacial score (nSPS) is 20.4. The van der Waals surface area contributed by atoms with E-state index in [0.29, 0.717) is 15.8 Å². The van der Waals surface area contributed by atoms with E-state index in [-0.39, 0.29) is 16.5 Å². The fourth-order valence-electron chi connectivity index (χ4n) is 2.45. The number of anilines is 1. The molecule has 1 unspecified atom stereocenters. The van der Waals surface area contributed by atoms with Gasteiger partial charge in [-0.2, -0.15) is 5.01 Å². The Morgan fingerprint density at radius 2 is 2.12 bits per heavy atom. The zero-order chi connectivity index (χ0) is 18.4. The maximum Gasteiger partial charge on any atom is 0.350 e. The number of carbonyl (C=O) groups is 2. The first-order chi connectivity index (χ1) is 11.7. The lowest BCUT2D eigenvalue weighted by Gasteiger charge is -2.26. The van der Waals surface area contributed by atoms with Gasteiger partial charge in [0.05, 0.1) is 23.5 Å². The number of rotatable bonds is 4. The molecular weight excluding hydrogens is 360 g/mol. The van der Waals surface area contributed by atoms with E-state index in [1.54, 1.807) is 4.52 Å². The molecule has 0 saturated heterocycles. The van der Waals surface area contributed by atoms with E-state index in [4.69, 9.17) is 10.5 Å². The van der Waals surface area contributed by atoms with Crippen molar-refractivity contribution in [1.82, 2.24) is 9.95 Å². The number of hydrogen-bond acceptors (Lipinski definition) is 6. The molecule has 1 aromatic rings. The number of primary amides is 1. The summed E-state index contributed by atoms with van der Waals surface area (Å²) in [6.45, 7) is 6.17. The molecule has 1 atom stereocenters. The average molecular weight is 384 g/mol. The van der Waals surface area contributed by atoms with Gasteiger partial charge in [-0.25, -0.2) is 9.59 Å². The first-order valence-electron chi connectivity index (χ1n) is 8.01. The van der Waals surface area contributed by atoms with E-state index < -0.39 is 12.0 Å². The third kappa shape index (κ3) is 3.49. The molecule has 1 aliphatic heterocycles. The summed E-state index contributed by atoms with van der Waals surface area (Å²) in [5, 5.41) is 3.91. The third-order valence-corrected chi connectivity index (χ3v) is 7.67. The molecular formula is C16H23N4O3S2+. The van der Waals surface area contributed by atoms with Crippen LogP contribution in [0, 0.1) is 0 Å². The number of esters is 1. The highest BCUT2D eigenvalue weighted by Crippen LogP contribution is 2.41. The number of amides is 2. The molecule has 9 heteroatoms. The van der Waals surface area contributed by atoms with Crippen LogP contribution in [0.4, 0.5) is 10.5 Å². The molecule has 0 radical (unpaired) electrons. The van der Waals surface area contributed by atoms with Crippen LogP contribution in [0.15, 0.2) is 17.7 Å². The van der Waals surface area contributed by atoms with Gasteiger partial charge in [-0.3, -0.25) is 5.43 Å². The Bertz CT molecular complexity index is 721. The van der Waals surface area contributed by atoms with Crippen molar-refractivity contribution in [2.24, 2.45) is 5.73 Å². The summed E-state index contributed by atoms with van der Waals surface area (Å²) in [6.07, 6.45) is 4.06. The minimum absolute atomic E-state index is 0.163. The first-order valence-corrected chi connectivity index (χ1v) is 10.1. The third-order valence-electron chi connectivity index (χ3n) is 3.90. The molecule has 1 aliphatic carbocycles. The van der Waals surface area contributed by atoms with Crippen molar-refractivity contribution in [3.63, 3.8) is 0 Å². The average Bonchev–Trinajstić information content (AvgIpc) is 3.09. The monoisotopic (exact) mass is 383 g/mol. The number of ether oxygens (including phenoxy) is 1. The highest BCUT2D eigenvalue weighted by molar-refractivity contribution is 7.98. The maximum absolute atomic E-state index is 12.3. The van der Waals surface area contributed by atoms with Gasteiger partial charge in [-0.05, 0) is 11.5 Å². The first kappa shape index (κ1) is 18.1. The molecule has 136 valence electrons. The predicted molar refractivity (Wildman–Crippen MR) is 101 cm³/mol. The van der Waals surface area contributed by atoms with Crippen LogP contribution in [0.5, 0.6) is 0 Å². The standard InChI is InChI=1S/C16H22N4O3S2/c1-16(2,3)12-9-11(13(24-12)14(21)23-4)19(15(17)22)20-18-7-8-25(20)10-5-6-10/h7-10,18H,5-6H2,1-4H3,(H-,17,22)/p+1. The number of carbonyl (C=O) groups excluding carboxylic acids is 2. The lowest BCUT2D eigenvalue weighted by Crippen LogP contribution is -2.55. The number of nitrogens with two attached hydrogens (primary N) is 1. The minimum Gasteiger partial charge on any atom is -0.465 e. The fraction of sp³-hybridized carbons (Fsp3) is 0.500. The second kappa shape index (κ2) is 6.54. The van der Waals surface area contributed by atoms with Crippen molar-refractivity contribution in [3.8, 4) is 0 Å². The Labute approximate surface area is 154 Å². The molecule has 1 saturated carbocycles. The molecule has 25 heavy (non-hydrogen) atoms. The largest absolute Gasteiger partial charge is 0.465 e. The number of urea groups is 1. The molecule has 7 nitrogen and oxygen atoms in total. The summed E-state index contributed by atoms with van der Waals surface area (Å²) in [7, 11) is 1.33. The second-order valence-electron chi connectivity index (χ2n) is 6.97. The fourth-order valence-corrected chi connectivity index (χ4v) is 5.54. The zero-order valence-corrected chi connectivity index (χ0v) is 16.4. The Hall–Kier alpha value is -1.71. The Morgan fingerprint density at radius 1 is 1.44 bits per heavy atom. The molecule has 0 spiro atoms. The van der Waals surface area contributed by atoms with Gasteiger partial charge in [-0.15, -0.1) is 11.3 Å². The van der Waals surface area contributed by atoms with E-state index in [9.17, 15) is 9.59 Å². The molecule has 2 heterocycles. The van der Waals surface area contributed by atoms with Crippen molar-refractivity contribution in [2.75, 3.05) is 12.1 Å². The molecule has 0 aromatic carbocycles. The summed E-state index contributed by atoms with van der Waals surface area (Å²) in [5.74, 6) is -0.472. The second-order valence-corrected chi connectivity index (χ2v) is 10.00. The summed E-state index contributed by atoms with van der Waals surface area (Å²) < 4.78 is 6.66. The van der Waals surface area contributed by atoms with Crippen molar-refractivity contribution < 1.29 is 14.3 Å². The van der Waals surface area contributed by atoms with Gasteiger partial charge in [-0.1, -0.05) is 20.8 Å². The lowest BCUT2D eigenvalue weighted by molar-refractivity contribution is 0.0606. The highest BCUT2D eigenvalue weighted by atomic mass is 32.2. The molecule has 1 aromatic heterocycles. The van der Waals surface area contributed by atoms with Crippen LogP contribution in [0.3, 0.4) is 0 Å². The minimum atomic E-state index is -0.641. The summed E-state index contributed by atoms with van der Waals surface area (Å²) in [6, 6.07) is 1.22. The number of methoxy groups -OCH3 is 1. The maximum atomic E-state index is 12.3. The number of hydrogen-bond donors (Lipinski definition) is 2. The number of thiophene rings is 1. The van der Waals surface area contributed by atoms with Crippen molar-refractivity contribution >= 4 is 40.1 Å². The van der Waals surface area contributed by atoms with E-state index in [0.717, 1.165) is 17.7 Å². The molecule has 2 amide bonds. The van der Waals surface area contributed by atoms with Gasteiger partial charge in [0.2, 0.25) is 0 Å². The topological polar surface area (TPSA) is 87.9 Å². The van der Waals surface area contributed by atoms with Gasteiger partial charge in [0.1, 0.15) is 10.1 Å². The quantitative estimate of drug-likeness (QED) is 0.616. The van der Waals surface area contributed by atoms with Gasteiger partial charge in [0, 0.05) is 17.7 Å². The van der Waals surface area contributed by atoms with E-state index in [1.807, 2.05) is 17.7 Å². The lowest BCUT2D eigenvalue weighted by atomic mass is 9.94. The molecule has 2 aliphatic rings. The van der Waals surface area contributed by atoms with Crippen LogP contribution >= 0.6 is 11.3 Å². The molecule has 1 fully saturated rings. The van der Waals surface area contributed by atoms with E-state index in [2.05, 4.69) is 26.2 Å². The van der Waals surface area contributed by atoms with E-state index in [1.165, 1.54) is 23.5 Å². The van der Waals surface area contributed by atoms with Crippen molar-refractivity contribution in [1.29, 1.82) is 0 Å². The smallest absolute Gasteiger partial charge is 0.350 e. The number of hydrazine groups is 2. The molecule has 0 bridgehead atoms. The Kier molecular flexibility index (Phi) is 4.74. The number of nitrogens with zero attached hydrogens (tertiary/aromatic N) is 2. The SMILES string of the molecule is COC(=O)c1sc(C(C)(C)C)cc1N(C(N)=O)N1NC=C[S+]1C1CC1. The van der Waals surface area contributed by atoms with Crippen molar-refractivity contribution in [2.45, 2.75) is 44.3 Å².